The summed E-state index contributed by atoms with van der Waals surface area (Å²) in [5.74, 6) is 0. The van der Waals surface area contributed by atoms with Crippen molar-refractivity contribution in [2.24, 2.45) is 0 Å². The lowest BCUT2D eigenvalue weighted by atomic mass is 9.99. The lowest BCUT2D eigenvalue weighted by molar-refractivity contribution is 0.290. The van der Waals surface area contributed by atoms with Gasteiger partial charge in [0.05, 0.1) is 10.7 Å². The highest BCUT2D eigenvalue weighted by molar-refractivity contribution is 6.30. The van der Waals surface area contributed by atoms with Gasteiger partial charge in [0.15, 0.2) is 0 Å². The van der Waals surface area contributed by atoms with Crippen LogP contribution in [-0.2, 0) is 6.54 Å². The van der Waals surface area contributed by atoms with Crippen LogP contribution in [0, 0.1) is 0 Å². The van der Waals surface area contributed by atoms with E-state index in [1.54, 1.807) is 6.20 Å². The fourth-order valence-corrected chi connectivity index (χ4v) is 3.16. The second-order valence-electron chi connectivity index (χ2n) is 5.78. The summed E-state index contributed by atoms with van der Waals surface area (Å²) < 4.78 is 0. The molecule has 0 saturated carbocycles. The fourth-order valence-electron chi connectivity index (χ4n) is 3.05. The maximum absolute atomic E-state index is 5.88. The number of H-pyrrole nitrogens is 1. The Balaban J connectivity index is 1.49. The molecule has 116 valence electrons. The molecule has 0 aromatic carbocycles. The summed E-state index contributed by atoms with van der Waals surface area (Å²) in [6, 6.07) is 8.00. The normalized spacial score (nSPS) is 15.8. The molecular formula is C18H17ClN4. The van der Waals surface area contributed by atoms with Gasteiger partial charge in [-0.15, -0.1) is 0 Å². The van der Waals surface area contributed by atoms with Crippen molar-refractivity contribution in [3.63, 3.8) is 0 Å². The highest BCUT2D eigenvalue weighted by Crippen LogP contribution is 2.28. The van der Waals surface area contributed by atoms with Crippen molar-refractivity contribution in [1.29, 1.82) is 0 Å². The Bertz CT molecular complexity index is 851. The molecule has 5 heteroatoms. The lowest BCUT2D eigenvalue weighted by Crippen LogP contribution is -2.28. The third kappa shape index (κ3) is 3.00. The van der Waals surface area contributed by atoms with Crippen LogP contribution in [0.4, 0.5) is 0 Å². The third-order valence-corrected chi connectivity index (χ3v) is 4.49. The second-order valence-corrected chi connectivity index (χ2v) is 6.22. The molecule has 0 spiro atoms. The van der Waals surface area contributed by atoms with Gasteiger partial charge in [-0.05, 0) is 36.3 Å². The van der Waals surface area contributed by atoms with Crippen LogP contribution in [0.15, 0.2) is 48.9 Å². The van der Waals surface area contributed by atoms with Crippen LogP contribution in [0.5, 0.6) is 0 Å². The van der Waals surface area contributed by atoms with Crippen molar-refractivity contribution in [1.82, 2.24) is 19.9 Å². The molecule has 0 aliphatic carbocycles. The predicted octanol–water partition coefficient (Wildman–Crippen LogP) is 3.90. The molecule has 4 nitrogen and oxygen atoms in total. The third-order valence-electron chi connectivity index (χ3n) is 4.26. The molecule has 0 fully saturated rings. The average Bonchev–Trinajstić information content (AvgIpc) is 3.02. The molecule has 0 radical (unpaired) electrons. The Kier molecular flexibility index (Phi) is 3.85. The summed E-state index contributed by atoms with van der Waals surface area (Å²) in [5.41, 5.74) is 4.68. The van der Waals surface area contributed by atoms with Crippen molar-refractivity contribution in [2.45, 2.75) is 13.0 Å². The number of aromatic nitrogens is 3. The van der Waals surface area contributed by atoms with Crippen molar-refractivity contribution in [2.75, 3.05) is 13.1 Å². The number of hydrogen-bond donors (Lipinski definition) is 1. The highest BCUT2D eigenvalue weighted by Gasteiger charge is 2.16. The van der Waals surface area contributed by atoms with Crippen LogP contribution in [0.2, 0.25) is 5.02 Å². The molecule has 1 aliphatic heterocycles. The first-order valence-corrected chi connectivity index (χ1v) is 8.12. The van der Waals surface area contributed by atoms with E-state index in [1.807, 2.05) is 24.4 Å². The van der Waals surface area contributed by atoms with Crippen LogP contribution < -0.4 is 0 Å². The molecule has 0 saturated heterocycles. The zero-order valence-corrected chi connectivity index (χ0v) is 13.4. The highest BCUT2D eigenvalue weighted by atomic mass is 35.5. The monoisotopic (exact) mass is 324 g/mol. The maximum Gasteiger partial charge on any atom is 0.137 e. The minimum atomic E-state index is 0.683. The Hall–Kier alpha value is -2.17. The van der Waals surface area contributed by atoms with Gasteiger partial charge in [-0.3, -0.25) is 9.88 Å². The van der Waals surface area contributed by atoms with Gasteiger partial charge in [-0.2, -0.15) is 0 Å². The van der Waals surface area contributed by atoms with Gasteiger partial charge < -0.3 is 4.98 Å². The van der Waals surface area contributed by atoms with E-state index in [2.05, 4.69) is 38.2 Å². The topological polar surface area (TPSA) is 44.8 Å². The minimum Gasteiger partial charge on any atom is -0.346 e. The number of aromatic amines is 1. The number of nitrogens with one attached hydrogen (secondary N) is 1. The molecule has 0 unspecified atom stereocenters. The first-order chi connectivity index (χ1) is 11.3. The minimum absolute atomic E-state index is 0.683. The first kappa shape index (κ1) is 14.4. The van der Waals surface area contributed by atoms with Crippen LogP contribution >= 0.6 is 11.6 Å². The van der Waals surface area contributed by atoms with Crippen LogP contribution in [-0.4, -0.2) is 32.9 Å². The Morgan fingerprint density at radius 2 is 2.17 bits per heavy atom. The van der Waals surface area contributed by atoms with Crippen molar-refractivity contribution < 1.29 is 0 Å². The summed E-state index contributed by atoms with van der Waals surface area (Å²) >= 11 is 5.88. The fraction of sp³-hybridized carbons (Fsp3) is 0.222. The van der Waals surface area contributed by atoms with Gasteiger partial charge >= 0.3 is 0 Å². The molecular weight excluding hydrogens is 308 g/mol. The number of fused-ring (bicyclic) bond motifs is 1. The van der Waals surface area contributed by atoms with E-state index in [1.165, 1.54) is 16.5 Å². The lowest BCUT2D eigenvalue weighted by Gasteiger charge is -2.25. The molecule has 1 N–H and O–H groups in total. The van der Waals surface area contributed by atoms with E-state index >= 15 is 0 Å². The summed E-state index contributed by atoms with van der Waals surface area (Å²) in [5, 5.41) is 1.88. The van der Waals surface area contributed by atoms with E-state index in [0.717, 1.165) is 37.4 Å². The standard InChI is InChI=1S/C18H17ClN4/c19-14-3-4-15(21-10-14)12-23-8-5-13(6-9-23)17-11-22-18-16(17)2-1-7-20-18/h1-5,7,10-11H,6,8-9,12H2,(H,20,22). The van der Waals surface area contributed by atoms with Gasteiger partial charge in [-0.25, -0.2) is 4.98 Å². The van der Waals surface area contributed by atoms with Crippen LogP contribution in [0.1, 0.15) is 17.7 Å². The van der Waals surface area contributed by atoms with Crippen LogP contribution in [0.25, 0.3) is 16.6 Å². The smallest absolute Gasteiger partial charge is 0.137 e. The molecule has 0 atom stereocenters. The van der Waals surface area contributed by atoms with Gasteiger partial charge in [0.25, 0.3) is 0 Å². The zero-order chi connectivity index (χ0) is 15.6. The zero-order valence-electron chi connectivity index (χ0n) is 12.7. The maximum atomic E-state index is 5.88. The molecule has 3 aromatic heterocycles. The Labute approximate surface area is 139 Å². The summed E-state index contributed by atoms with van der Waals surface area (Å²) in [4.78, 5) is 14.4. The van der Waals surface area contributed by atoms with E-state index in [4.69, 9.17) is 11.6 Å². The summed E-state index contributed by atoms with van der Waals surface area (Å²) in [6.45, 7) is 2.83. The Morgan fingerprint density at radius 3 is 2.96 bits per heavy atom. The number of rotatable bonds is 3. The van der Waals surface area contributed by atoms with E-state index < -0.39 is 0 Å². The van der Waals surface area contributed by atoms with Gasteiger partial charge in [-0.1, -0.05) is 17.7 Å². The van der Waals surface area contributed by atoms with Gasteiger partial charge in [0, 0.05) is 49.2 Å². The Morgan fingerprint density at radius 1 is 1.22 bits per heavy atom. The first-order valence-electron chi connectivity index (χ1n) is 7.74. The number of nitrogens with zero attached hydrogens (tertiary/aromatic N) is 3. The van der Waals surface area contributed by atoms with E-state index in [0.29, 0.717) is 5.02 Å². The summed E-state index contributed by atoms with van der Waals surface area (Å²) in [6.07, 6.45) is 8.95. The van der Waals surface area contributed by atoms with E-state index in [-0.39, 0.29) is 0 Å². The van der Waals surface area contributed by atoms with Crippen LogP contribution in [0.3, 0.4) is 0 Å². The van der Waals surface area contributed by atoms with Gasteiger partial charge in [0.2, 0.25) is 0 Å². The predicted molar refractivity (Wildman–Crippen MR) is 93.2 cm³/mol. The quantitative estimate of drug-likeness (QED) is 0.794. The van der Waals surface area contributed by atoms with E-state index in [9.17, 15) is 0 Å². The van der Waals surface area contributed by atoms with Crippen molar-refractivity contribution in [3.05, 3.63) is 65.2 Å². The van der Waals surface area contributed by atoms with Crippen molar-refractivity contribution >= 4 is 28.2 Å². The molecule has 0 bridgehead atoms. The number of pyridine rings is 2. The average molecular weight is 325 g/mol. The molecule has 4 rings (SSSR count). The SMILES string of the molecule is Clc1ccc(CN2CC=C(c3c[nH]c4ncccc34)CC2)nc1. The molecule has 23 heavy (non-hydrogen) atoms. The molecule has 1 aliphatic rings. The number of halogens is 1. The second kappa shape index (κ2) is 6.14. The number of hydrogen-bond acceptors (Lipinski definition) is 3. The summed E-state index contributed by atoms with van der Waals surface area (Å²) in [7, 11) is 0. The van der Waals surface area contributed by atoms with Crippen molar-refractivity contribution in [3.8, 4) is 0 Å². The molecule has 3 aromatic rings. The van der Waals surface area contributed by atoms with Gasteiger partial charge in [0.1, 0.15) is 5.65 Å². The largest absolute Gasteiger partial charge is 0.346 e. The molecule has 0 amide bonds. The molecule has 4 heterocycles.